The van der Waals surface area contributed by atoms with Crippen LogP contribution in [0.4, 0.5) is 4.39 Å². The summed E-state index contributed by atoms with van der Waals surface area (Å²) in [7, 11) is 0. The molecule has 2 saturated heterocycles. The van der Waals surface area contributed by atoms with Crippen molar-refractivity contribution in [3.8, 4) is 5.75 Å². The largest absolute Gasteiger partial charge is 0.488 e. The lowest BCUT2D eigenvalue weighted by Gasteiger charge is -2.20. The molecule has 0 amide bonds. The molecule has 3 aliphatic rings. The van der Waals surface area contributed by atoms with Crippen molar-refractivity contribution in [1.29, 1.82) is 0 Å². The Balaban J connectivity index is 1.38. The van der Waals surface area contributed by atoms with E-state index < -0.39 is 0 Å². The van der Waals surface area contributed by atoms with Crippen LogP contribution in [0.5, 0.6) is 5.75 Å². The Kier molecular flexibility index (Phi) is 2.74. The molecule has 0 spiro atoms. The first-order valence-corrected chi connectivity index (χ1v) is 7.19. The number of hydrogen-bond acceptors (Lipinski definition) is 3. The van der Waals surface area contributed by atoms with Crippen LogP contribution in [-0.4, -0.2) is 43.2 Å². The van der Waals surface area contributed by atoms with Gasteiger partial charge in [-0.2, -0.15) is 0 Å². The maximum Gasteiger partial charge on any atom is 0.123 e. The molecule has 3 aliphatic heterocycles. The molecule has 0 aromatic heterocycles. The number of halogens is 1. The minimum atomic E-state index is -0.164. The highest BCUT2D eigenvalue weighted by atomic mass is 19.1. The van der Waals surface area contributed by atoms with Gasteiger partial charge in [0.15, 0.2) is 0 Å². The van der Waals surface area contributed by atoms with E-state index in [-0.39, 0.29) is 11.9 Å². The van der Waals surface area contributed by atoms with Crippen LogP contribution >= 0.6 is 0 Å². The van der Waals surface area contributed by atoms with Crippen molar-refractivity contribution in [1.82, 2.24) is 10.2 Å². The van der Waals surface area contributed by atoms with Gasteiger partial charge in [-0.1, -0.05) is 0 Å². The molecule has 1 aromatic carbocycles. The smallest absolute Gasteiger partial charge is 0.123 e. The molecule has 1 aromatic rings. The van der Waals surface area contributed by atoms with E-state index in [1.165, 1.54) is 25.6 Å². The maximum absolute atomic E-state index is 13.2. The summed E-state index contributed by atoms with van der Waals surface area (Å²) >= 11 is 0. The van der Waals surface area contributed by atoms with Crippen molar-refractivity contribution in [3.05, 3.63) is 29.6 Å². The van der Waals surface area contributed by atoms with E-state index in [4.69, 9.17) is 4.74 Å². The van der Waals surface area contributed by atoms with Gasteiger partial charge in [0.2, 0.25) is 0 Å². The maximum atomic E-state index is 13.2. The molecule has 0 aliphatic carbocycles. The number of rotatable bonds is 2. The summed E-state index contributed by atoms with van der Waals surface area (Å²) in [6.45, 7) is 4.45. The first kappa shape index (κ1) is 11.7. The first-order valence-electron chi connectivity index (χ1n) is 7.19. The van der Waals surface area contributed by atoms with Gasteiger partial charge in [0.05, 0.1) is 0 Å². The van der Waals surface area contributed by atoms with E-state index in [0.717, 1.165) is 36.7 Å². The molecule has 102 valence electrons. The van der Waals surface area contributed by atoms with E-state index in [2.05, 4.69) is 10.2 Å². The Morgan fingerprint density at radius 2 is 2.32 bits per heavy atom. The molecule has 4 heteroatoms. The fraction of sp³-hybridized carbons (Fsp3) is 0.600. The third-order valence-corrected chi connectivity index (χ3v) is 4.66. The second-order valence-corrected chi connectivity index (χ2v) is 6.02. The molecule has 2 fully saturated rings. The highest BCUT2D eigenvalue weighted by Crippen LogP contribution is 2.31. The van der Waals surface area contributed by atoms with Crippen LogP contribution in [0.3, 0.4) is 0 Å². The number of benzene rings is 1. The Labute approximate surface area is 112 Å². The summed E-state index contributed by atoms with van der Waals surface area (Å²) in [6.07, 6.45) is 2.33. The minimum absolute atomic E-state index is 0.164. The van der Waals surface area contributed by atoms with Gasteiger partial charge < -0.3 is 10.1 Å². The minimum Gasteiger partial charge on any atom is -0.488 e. The molecule has 1 unspecified atom stereocenters. The van der Waals surface area contributed by atoms with E-state index in [9.17, 15) is 4.39 Å². The number of fused-ring (bicyclic) bond motifs is 2. The number of likely N-dealkylation sites (tertiary alicyclic amines) is 1. The molecule has 0 radical (unpaired) electrons. The molecular formula is C15H19FN2O. The van der Waals surface area contributed by atoms with Crippen molar-refractivity contribution in [2.75, 3.05) is 26.2 Å². The topological polar surface area (TPSA) is 24.5 Å². The summed E-state index contributed by atoms with van der Waals surface area (Å²) in [5.74, 6) is 1.52. The molecule has 3 heterocycles. The highest BCUT2D eigenvalue weighted by molar-refractivity contribution is 5.38. The summed E-state index contributed by atoms with van der Waals surface area (Å²) in [4.78, 5) is 2.49. The van der Waals surface area contributed by atoms with Gasteiger partial charge in [-0.25, -0.2) is 4.39 Å². The predicted octanol–water partition coefficient (Wildman–Crippen LogP) is 1.42. The second-order valence-electron chi connectivity index (χ2n) is 6.02. The number of hydrogen-bond donors (Lipinski definition) is 1. The Hall–Kier alpha value is -1.13. The Morgan fingerprint density at radius 1 is 1.37 bits per heavy atom. The van der Waals surface area contributed by atoms with Crippen molar-refractivity contribution >= 4 is 0 Å². The summed E-state index contributed by atoms with van der Waals surface area (Å²) in [6, 6.07) is 5.52. The van der Waals surface area contributed by atoms with E-state index in [0.29, 0.717) is 6.04 Å². The van der Waals surface area contributed by atoms with Crippen LogP contribution in [0.2, 0.25) is 0 Å². The fourth-order valence-corrected chi connectivity index (χ4v) is 3.77. The summed E-state index contributed by atoms with van der Waals surface area (Å²) in [5.41, 5.74) is 1.02. The van der Waals surface area contributed by atoms with Gasteiger partial charge in [0.25, 0.3) is 0 Å². The number of ether oxygens (including phenoxy) is 1. The molecular weight excluding hydrogens is 243 g/mol. The Morgan fingerprint density at radius 3 is 3.21 bits per heavy atom. The third-order valence-electron chi connectivity index (χ3n) is 4.66. The standard InChI is InChI=1S/C15H19FN2O/c16-12-1-2-15-11(5-12)6-13(19-15)8-18-7-10-3-4-17-14(10)9-18/h1-2,5,10,13-14,17H,3-4,6-9H2/t10-,13?,14+/m0/s1. The SMILES string of the molecule is Fc1ccc2c(c1)CC(CN1C[C@@H]3CCN[C@@H]3C1)O2. The monoisotopic (exact) mass is 262 g/mol. The Bertz CT molecular complexity index is 481. The van der Waals surface area contributed by atoms with Gasteiger partial charge in [-0.15, -0.1) is 0 Å². The fourth-order valence-electron chi connectivity index (χ4n) is 3.77. The highest BCUT2D eigenvalue weighted by Gasteiger charge is 2.37. The second kappa shape index (κ2) is 4.46. The first-order chi connectivity index (χ1) is 9.28. The zero-order valence-electron chi connectivity index (χ0n) is 10.9. The van der Waals surface area contributed by atoms with E-state index in [1.807, 2.05) is 0 Å². The lowest BCUT2D eigenvalue weighted by Crippen LogP contribution is -2.36. The molecule has 4 rings (SSSR count). The van der Waals surface area contributed by atoms with Crippen molar-refractivity contribution in [3.63, 3.8) is 0 Å². The van der Waals surface area contributed by atoms with Gasteiger partial charge in [-0.05, 0) is 37.1 Å². The average Bonchev–Trinajstić information content (AvgIpc) is 3.01. The molecule has 1 N–H and O–H groups in total. The van der Waals surface area contributed by atoms with Crippen LogP contribution in [-0.2, 0) is 6.42 Å². The molecule has 0 saturated carbocycles. The molecule has 0 bridgehead atoms. The molecule has 3 atom stereocenters. The molecule has 3 nitrogen and oxygen atoms in total. The van der Waals surface area contributed by atoms with Crippen LogP contribution in [0.1, 0.15) is 12.0 Å². The predicted molar refractivity (Wildman–Crippen MR) is 70.9 cm³/mol. The normalized spacial score (nSPS) is 33.2. The summed E-state index contributed by atoms with van der Waals surface area (Å²) in [5, 5.41) is 3.57. The van der Waals surface area contributed by atoms with E-state index >= 15 is 0 Å². The van der Waals surface area contributed by atoms with Gasteiger partial charge >= 0.3 is 0 Å². The number of nitrogens with one attached hydrogen (secondary N) is 1. The van der Waals surface area contributed by atoms with Crippen LogP contribution in [0.25, 0.3) is 0 Å². The molecule has 19 heavy (non-hydrogen) atoms. The van der Waals surface area contributed by atoms with E-state index in [1.54, 1.807) is 12.1 Å². The van der Waals surface area contributed by atoms with Gasteiger partial charge in [0, 0.05) is 37.7 Å². The van der Waals surface area contributed by atoms with Crippen molar-refractivity contribution in [2.24, 2.45) is 5.92 Å². The lowest BCUT2D eigenvalue weighted by atomic mass is 10.1. The number of nitrogens with zero attached hydrogens (tertiary/aromatic N) is 1. The van der Waals surface area contributed by atoms with Gasteiger partial charge in [-0.3, -0.25) is 4.90 Å². The van der Waals surface area contributed by atoms with Crippen LogP contribution < -0.4 is 10.1 Å². The third kappa shape index (κ3) is 2.13. The van der Waals surface area contributed by atoms with Gasteiger partial charge in [0.1, 0.15) is 17.7 Å². The quantitative estimate of drug-likeness (QED) is 0.872. The van der Waals surface area contributed by atoms with Crippen molar-refractivity contribution in [2.45, 2.75) is 25.0 Å². The van der Waals surface area contributed by atoms with Crippen LogP contribution in [0.15, 0.2) is 18.2 Å². The zero-order valence-corrected chi connectivity index (χ0v) is 10.9. The summed E-state index contributed by atoms with van der Waals surface area (Å²) < 4.78 is 19.1. The zero-order chi connectivity index (χ0) is 12.8. The average molecular weight is 262 g/mol. The van der Waals surface area contributed by atoms with Crippen LogP contribution in [0, 0.1) is 11.7 Å². The lowest BCUT2D eigenvalue weighted by molar-refractivity contribution is 0.163. The van der Waals surface area contributed by atoms with Crippen molar-refractivity contribution < 1.29 is 9.13 Å².